The van der Waals surface area contributed by atoms with Crippen LogP contribution in [-0.4, -0.2) is 25.2 Å². The highest BCUT2D eigenvalue weighted by Gasteiger charge is 2.53. The van der Waals surface area contributed by atoms with E-state index in [0.29, 0.717) is 0 Å². The first kappa shape index (κ1) is 17.0. The number of benzene rings is 1. The number of hydrogen-bond donors (Lipinski definition) is 0. The van der Waals surface area contributed by atoms with Crippen molar-refractivity contribution in [3.05, 3.63) is 53.6 Å². The van der Waals surface area contributed by atoms with Gasteiger partial charge in [0.05, 0.1) is 13.2 Å². The number of ether oxygens (including phenoxy) is 2. The van der Waals surface area contributed by atoms with Crippen molar-refractivity contribution < 1.29 is 19.1 Å². The molecule has 1 aliphatic carbocycles. The predicted molar refractivity (Wildman–Crippen MR) is 88.5 cm³/mol. The molecular formula is C19H22O4. The monoisotopic (exact) mass is 314 g/mol. The standard InChI is InChI=1S/C19H22O4/c1-4-22-17(20)19(18(21)23-5-2)12-14(3)16(13-19)11-15-9-7-6-8-10-15/h6-11H,3-5,12-13H2,1-2H3/b16-11-. The van der Waals surface area contributed by atoms with E-state index < -0.39 is 17.4 Å². The van der Waals surface area contributed by atoms with E-state index in [0.717, 1.165) is 16.7 Å². The van der Waals surface area contributed by atoms with Gasteiger partial charge in [-0.1, -0.05) is 48.6 Å². The quantitative estimate of drug-likeness (QED) is 0.616. The summed E-state index contributed by atoms with van der Waals surface area (Å²) in [5.41, 5.74) is 1.36. The minimum absolute atomic E-state index is 0.226. The highest BCUT2D eigenvalue weighted by molar-refractivity contribution is 6.02. The second-order valence-corrected chi connectivity index (χ2v) is 5.56. The van der Waals surface area contributed by atoms with Crippen molar-refractivity contribution in [1.29, 1.82) is 0 Å². The summed E-state index contributed by atoms with van der Waals surface area (Å²) in [7, 11) is 0. The smallest absolute Gasteiger partial charge is 0.324 e. The van der Waals surface area contributed by atoms with E-state index in [9.17, 15) is 9.59 Å². The molecule has 1 aliphatic rings. The Morgan fingerprint density at radius 1 is 1.09 bits per heavy atom. The maximum Gasteiger partial charge on any atom is 0.324 e. The number of allylic oxidation sites excluding steroid dienone is 2. The summed E-state index contributed by atoms with van der Waals surface area (Å²) >= 11 is 0. The van der Waals surface area contributed by atoms with Crippen molar-refractivity contribution in [3.8, 4) is 0 Å². The molecule has 122 valence electrons. The number of esters is 2. The van der Waals surface area contributed by atoms with Crippen molar-refractivity contribution in [2.75, 3.05) is 13.2 Å². The molecule has 23 heavy (non-hydrogen) atoms. The summed E-state index contributed by atoms with van der Waals surface area (Å²) in [5, 5.41) is 0. The van der Waals surface area contributed by atoms with Gasteiger partial charge in [0.2, 0.25) is 0 Å². The summed E-state index contributed by atoms with van der Waals surface area (Å²) < 4.78 is 10.3. The Morgan fingerprint density at radius 3 is 2.17 bits per heavy atom. The van der Waals surface area contributed by atoms with Crippen LogP contribution in [0.4, 0.5) is 0 Å². The van der Waals surface area contributed by atoms with Gasteiger partial charge >= 0.3 is 11.9 Å². The van der Waals surface area contributed by atoms with Gasteiger partial charge in [0, 0.05) is 0 Å². The van der Waals surface area contributed by atoms with Crippen LogP contribution >= 0.6 is 0 Å². The molecule has 1 saturated carbocycles. The zero-order valence-electron chi connectivity index (χ0n) is 13.6. The van der Waals surface area contributed by atoms with Gasteiger partial charge in [-0.05, 0) is 37.8 Å². The predicted octanol–water partition coefficient (Wildman–Crippen LogP) is 3.53. The molecule has 0 spiro atoms. The van der Waals surface area contributed by atoms with Gasteiger partial charge < -0.3 is 9.47 Å². The first-order chi connectivity index (χ1) is 11.0. The van der Waals surface area contributed by atoms with Crippen LogP contribution in [0.15, 0.2) is 48.1 Å². The summed E-state index contributed by atoms with van der Waals surface area (Å²) in [5.74, 6) is -1.06. The van der Waals surface area contributed by atoms with Crippen LogP contribution in [0.5, 0.6) is 0 Å². The topological polar surface area (TPSA) is 52.6 Å². The molecule has 0 aliphatic heterocycles. The minimum atomic E-state index is -1.30. The summed E-state index contributed by atoms with van der Waals surface area (Å²) in [6.45, 7) is 7.93. The Kier molecular flexibility index (Phi) is 5.37. The molecule has 0 unspecified atom stereocenters. The zero-order chi connectivity index (χ0) is 16.9. The molecule has 1 aromatic rings. The third-order valence-corrected chi connectivity index (χ3v) is 3.93. The lowest BCUT2D eigenvalue weighted by molar-refractivity contribution is -0.171. The van der Waals surface area contributed by atoms with Crippen LogP contribution < -0.4 is 0 Å². The van der Waals surface area contributed by atoms with Crippen LogP contribution in [0, 0.1) is 5.41 Å². The SMILES string of the molecule is C=C1CC(C(=O)OCC)(C(=O)OCC)C/C1=C/c1ccccc1. The van der Waals surface area contributed by atoms with Gasteiger partial charge in [0.25, 0.3) is 0 Å². The Hall–Kier alpha value is -2.36. The molecule has 0 N–H and O–H groups in total. The van der Waals surface area contributed by atoms with Crippen molar-refractivity contribution in [1.82, 2.24) is 0 Å². The van der Waals surface area contributed by atoms with Gasteiger partial charge in [0.15, 0.2) is 5.41 Å². The van der Waals surface area contributed by atoms with E-state index in [1.807, 2.05) is 36.4 Å². The van der Waals surface area contributed by atoms with Crippen LogP contribution in [-0.2, 0) is 19.1 Å². The maximum atomic E-state index is 12.4. The highest BCUT2D eigenvalue weighted by Crippen LogP contribution is 2.47. The fourth-order valence-corrected chi connectivity index (χ4v) is 2.80. The largest absolute Gasteiger partial charge is 0.465 e. The van der Waals surface area contributed by atoms with Gasteiger partial charge in [-0.3, -0.25) is 9.59 Å². The summed E-state index contributed by atoms with van der Waals surface area (Å²) in [6.07, 6.45) is 2.46. The first-order valence-corrected chi connectivity index (χ1v) is 7.81. The van der Waals surface area contributed by atoms with Crippen molar-refractivity contribution in [3.63, 3.8) is 0 Å². The van der Waals surface area contributed by atoms with E-state index >= 15 is 0 Å². The molecule has 0 heterocycles. The minimum Gasteiger partial charge on any atom is -0.465 e. The summed E-state index contributed by atoms with van der Waals surface area (Å²) in [4.78, 5) is 24.9. The van der Waals surface area contributed by atoms with Gasteiger partial charge in [0.1, 0.15) is 0 Å². The number of hydrogen-bond acceptors (Lipinski definition) is 4. The average Bonchev–Trinajstić information content (AvgIpc) is 2.87. The van der Waals surface area contributed by atoms with Crippen molar-refractivity contribution in [2.24, 2.45) is 5.41 Å². The maximum absolute atomic E-state index is 12.4. The van der Waals surface area contributed by atoms with Crippen LogP contribution in [0.1, 0.15) is 32.3 Å². The number of rotatable bonds is 5. The second kappa shape index (κ2) is 7.27. The van der Waals surface area contributed by atoms with E-state index in [1.165, 1.54) is 0 Å². The molecule has 0 amide bonds. The Balaban J connectivity index is 2.35. The van der Waals surface area contributed by atoms with Gasteiger partial charge in [-0.2, -0.15) is 0 Å². The average molecular weight is 314 g/mol. The molecule has 4 nitrogen and oxygen atoms in total. The second-order valence-electron chi connectivity index (χ2n) is 5.56. The first-order valence-electron chi connectivity index (χ1n) is 7.81. The lowest BCUT2D eigenvalue weighted by atomic mass is 9.85. The van der Waals surface area contributed by atoms with E-state index in [4.69, 9.17) is 9.47 Å². The van der Waals surface area contributed by atoms with Crippen LogP contribution in [0.3, 0.4) is 0 Å². The Morgan fingerprint density at radius 2 is 1.65 bits per heavy atom. The van der Waals surface area contributed by atoms with Gasteiger partial charge in [-0.15, -0.1) is 0 Å². The molecule has 0 atom stereocenters. The highest BCUT2D eigenvalue weighted by atomic mass is 16.6. The molecule has 2 rings (SSSR count). The van der Waals surface area contributed by atoms with E-state index in [1.54, 1.807) is 13.8 Å². The fraction of sp³-hybridized carbons (Fsp3) is 0.368. The Labute approximate surface area is 136 Å². The van der Waals surface area contributed by atoms with Crippen LogP contribution in [0.2, 0.25) is 0 Å². The lowest BCUT2D eigenvalue weighted by Gasteiger charge is -2.23. The molecule has 1 aromatic carbocycles. The summed E-state index contributed by atoms with van der Waals surface area (Å²) in [6, 6.07) is 9.75. The normalized spacial score (nSPS) is 18.0. The molecule has 0 radical (unpaired) electrons. The third kappa shape index (κ3) is 3.52. The zero-order valence-corrected chi connectivity index (χ0v) is 13.6. The van der Waals surface area contributed by atoms with E-state index in [-0.39, 0.29) is 26.1 Å². The van der Waals surface area contributed by atoms with Gasteiger partial charge in [-0.25, -0.2) is 0 Å². The van der Waals surface area contributed by atoms with Crippen molar-refractivity contribution >= 4 is 18.0 Å². The van der Waals surface area contributed by atoms with E-state index in [2.05, 4.69) is 6.58 Å². The van der Waals surface area contributed by atoms with Crippen molar-refractivity contribution in [2.45, 2.75) is 26.7 Å². The molecule has 0 aromatic heterocycles. The molecule has 1 fully saturated rings. The number of carbonyl (C=O) groups excluding carboxylic acids is 2. The third-order valence-electron chi connectivity index (χ3n) is 3.93. The fourth-order valence-electron chi connectivity index (χ4n) is 2.80. The molecule has 0 saturated heterocycles. The Bertz CT molecular complexity index is 610. The van der Waals surface area contributed by atoms with Crippen LogP contribution in [0.25, 0.3) is 6.08 Å². The number of carbonyl (C=O) groups is 2. The molecule has 4 heteroatoms. The molecular weight excluding hydrogens is 292 g/mol. The lowest BCUT2D eigenvalue weighted by Crippen LogP contribution is -2.39. The molecule has 0 bridgehead atoms.